The zero-order valence-electron chi connectivity index (χ0n) is 22.5. The van der Waals surface area contributed by atoms with Crippen LogP contribution in [-0.2, 0) is 27.1 Å². The van der Waals surface area contributed by atoms with E-state index in [-0.39, 0.29) is 0 Å². The van der Waals surface area contributed by atoms with Crippen LogP contribution in [-0.4, -0.2) is 64.2 Å². The van der Waals surface area contributed by atoms with Gasteiger partial charge in [-0.3, -0.25) is 27.1 Å². The van der Waals surface area contributed by atoms with Gasteiger partial charge in [0, 0.05) is 0 Å². The summed E-state index contributed by atoms with van der Waals surface area (Å²) in [5.41, 5.74) is 0. The van der Waals surface area contributed by atoms with Crippen LogP contribution in [0.1, 0.15) is 0 Å². The summed E-state index contributed by atoms with van der Waals surface area (Å²) in [5.74, 6) is 0. The monoisotopic (exact) mass is 1140 g/mol. The number of nitrogens with zero attached hydrogens (tertiary/aromatic N) is 3. The fourth-order valence-electron chi connectivity index (χ4n) is 1.96. The van der Waals surface area contributed by atoms with Crippen LogP contribution in [0.2, 0.25) is 0 Å². The lowest BCUT2D eigenvalue weighted by molar-refractivity contribution is -0.199. The predicted octanol–water partition coefficient (Wildman–Crippen LogP) is 16.1. The van der Waals surface area contributed by atoms with Crippen molar-refractivity contribution in [2.45, 2.75) is 64.2 Å². The van der Waals surface area contributed by atoms with Crippen LogP contribution in [0.25, 0.3) is 0 Å². The summed E-state index contributed by atoms with van der Waals surface area (Å²) in [5, 5.41) is 0. The molecule has 0 aromatic carbocycles. The molecule has 0 N–H and O–H groups in total. The van der Waals surface area contributed by atoms with Gasteiger partial charge in [-0.05, 0) is 0 Å². The average molecular weight is 1140 g/mol. The second-order valence-corrected chi connectivity index (χ2v) is 22.1. The van der Waals surface area contributed by atoms with E-state index in [1.54, 1.807) is 0 Å². The Morgan fingerprint density at radius 1 is 0.241 bits per heavy atom. The molecule has 324 valence electrons. The number of alkyl halides is 30. The lowest BCUT2D eigenvalue weighted by Crippen LogP contribution is -2.42. The lowest BCUT2D eigenvalue weighted by atomic mass is 10.7. The molecular formula is C12Cl12F18N3O6P3. The standard InChI is InChI=1S/C12Cl12F18N3O6P3/c13-1(14,7(25,26)27)46-52(47-2(15,16)8(28,29)30)43-53(48-3(17,18)9(31,32)33,49-4(19,20)10(34,35)36)45-54(44-52,50-5(21,22)11(37,38)39)51-6(23,24)12(40,41)42. The van der Waals surface area contributed by atoms with Gasteiger partial charge in [-0.2, -0.15) is 79.0 Å². The van der Waals surface area contributed by atoms with Crippen LogP contribution in [0.4, 0.5) is 79.0 Å². The van der Waals surface area contributed by atoms with Gasteiger partial charge >= 0.3 is 87.2 Å². The van der Waals surface area contributed by atoms with E-state index in [0.29, 0.717) is 0 Å². The molecule has 0 aromatic rings. The zero-order chi connectivity index (χ0) is 43.9. The minimum atomic E-state index is -7.77. The minimum absolute atomic E-state index is 2.28. The molecule has 1 heterocycles. The summed E-state index contributed by atoms with van der Waals surface area (Å²) in [7, 11) is -23.3. The minimum Gasteiger partial charge on any atom is -0.260 e. The fraction of sp³-hybridized carbons (Fsp3) is 1.00. The first kappa shape index (κ1) is 54.7. The topological polar surface area (TPSA) is 92.5 Å². The van der Waals surface area contributed by atoms with Gasteiger partial charge in [0.15, 0.2) is 0 Å². The summed E-state index contributed by atoms with van der Waals surface area (Å²) in [6, 6.07) is 0. The molecule has 0 radical (unpaired) electrons. The van der Waals surface area contributed by atoms with Crippen molar-refractivity contribution in [3.8, 4) is 0 Å². The molecule has 0 unspecified atom stereocenters. The quantitative estimate of drug-likeness (QED) is 0.110. The van der Waals surface area contributed by atoms with Gasteiger partial charge in [-0.25, -0.2) is 0 Å². The van der Waals surface area contributed by atoms with Crippen molar-refractivity contribution in [3.63, 3.8) is 0 Å². The molecule has 0 saturated carbocycles. The molecule has 0 aromatic heterocycles. The Hall–Kier alpha value is 2.67. The number of hydrogen-bond acceptors (Lipinski definition) is 9. The van der Waals surface area contributed by atoms with Crippen molar-refractivity contribution >= 4 is 162 Å². The van der Waals surface area contributed by atoms with Crippen molar-refractivity contribution < 1.29 is 106 Å². The second kappa shape index (κ2) is 16.1. The van der Waals surface area contributed by atoms with Crippen molar-refractivity contribution in [1.82, 2.24) is 0 Å². The van der Waals surface area contributed by atoms with Crippen molar-refractivity contribution in [2.24, 2.45) is 13.5 Å². The van der Waals surface area contributed by atoms with E-state index in [0.717, 1.165) is 0 Å². The molecule has 9 nitrogen and oxygen atoms in total. The first-order chi connectivity index (χ1) is 22.9. The summed E-state index contributed by atoms with van der Waals surface area (Å²) >= 11 is 58.4. The van der Waals surface area contributed by atoms with Crippen molar-refractivity contribution in [1.29, 1.82) is 0 Å². The van der Waals surface area contributed by atoms with Gasteiger partial charge in [-0.15, -0.1) is 13.5 Å². The largest absolute Gasteiger partial charge is 0.447 e. The van der Waals surface area contributed by atoms with E-state index in [2.05, 4.69) is 40.7 Å². The number of hydrogen-bond donors (Lipinski definition) is 0. The van der Waals surface area contributed by atoms with Crippen LogP contribution in [0.15, 0.2) is 13.5 Å². The Morgan fingerprint density at radius 3 is 0.407 bits per heavy atom. The first-order valence-corrected chi connectivity index (χ1v) is 19.8. The number of halogens is 30. The Kier molecular flexibility index (Phi) is 16.3. The summed E-state index contributed by atoms with van der Waals surface area (Å²) in [4.78, 5) is 0. The molecule has 0 spiro atoms. The van der Waals surface area contributed by atoms with Gasteiger partial charge in [-0.1, -0.05) is 139 Å². The molecule has 0 saturated heterocycles. The highest BCUT2D eigenvalue weighted by Gasteiger charge is 2.70. The second-order valence-electron chi connectivity index (χ2n) is 8.37. The molecule has 1 aliphatic rings. The van der Waals surface area contributed by atoms with Crippen molar-refractivity contribution in [3.05, 3.63) is 0 Å². The normalized spacial score (nSPS) is 19.9. The lowest BCUT2D eigenvalue weighted by Gasteiger charge is -2.41. The average Bonchev–Trinajstić information content (AvgIpc) is 2.76. The third-order valence-corrected chi connectivity index (χ3v) is 17.3. The van der Waals surface area contributed by atoms with Crippen molar-refractivity contribution in [2.75, 3.05) is 0 Å². The first-order valence-electron chi connectivity index (χ1n) is 10.7. The smallest absolute Gasteiger partial charge is 0.260 e. The van der Waals surface area contributed by atoms with Gasteiger partial charge in [0.05, 0.1) is 0 Å². The maximum Gasteiger partial charge on any atom is 0.447 e. The highest BCUT2D eigenvalue weighted by molar-refractivity contribution is 7.78. The maximum atomic E-state index is 13.8. The van der Waals surface area contributed by atoms with Gasteiger partial charge < -0.3 is 0 Å². The van der Waals surface area contributed by atoms with E-state index in [4.69, 9.17) is 139 Å². The number of rotatable bonds is 12. The summed E-state index contributed by atoms with van der Waals surface area (Å²) in [6.45, 7) is 0. The van der Waals surface area contributed by atoms with Gasteiger partial charge in [0.2, 0.25) is 0 Å². The van der Waals surface area contributed by atoms with Crippen LogP contribution in [0.5, 0.6) is 0 Å². The van der Waals surface area contributed by atoms with E-state index in [1.807, 2.05) is 0 Å². The zero-order valence-corrected chi connectivity index (χ0v) is 34.2. The van der Waals surface area contributed by atoms with E-state index in [1.165, 1.54) is 0 Å². The van der Waals surface area contributed by atoms with E-state index < -0.39 is 87.2 Å². The van der Waals surface area contributed by atoms with Gasteiger partial charge in [0.25, 0.3) is 0 Å². The molecule has 42 heteroatoms. The Balaban J connectivity index is 5.20. The Morgan fingerprint density at radius 2 is 0.333 bits per heavy atom. The summed E-state index contributed by atoms with van der Waals surface area (Å²) < 4.78 is 245. The highest BCUT2D eigenvalue weighted by atomic mass is 35.6. The molecule has 1 aliphatic heterocycles. The molecule has 0 atom stereocenters. The molecule has 0 amide bonds. The Labute approximate surface area is 344 Å². The maximum absolute atomic E-state index is 13.8. The molecule has 54 heavy (non-hydrogen) atoms. The Bertz CT molecular complexity index is 1280. The molecule has 1 rings (SSSR count). The summed E-state index contributed by atoms with van der Waals surface area (Å²) in [6.07, 6.45) is -39.7. The third-order valence-electron chi connectivity index (χ3n) is 4.06. The molecule has 0 aliphatic carbocycles. The van der Waals surface area contributed by atoms with Gasteiger partial charge in [0.1, 0.15) is 0 Å². The van der Waals surface area contributed by atoms with Crippen LogP contribution >= 0.6 is 162 Å². The van der Waals surface area contributed by atoms with Crippen LogP contribution < -0.4 is 0 Å². The fourth-order valence-corrected chi connectivity index (χ4v) is 14.3. The predicted molar refractivity (Wildman–Crippen MR) is 158 cm³/mol. The highest BCUT2D eigenvalue weighted by Crippen LogP contribution is 2.86. The SMILES string of the molecule is FC(F)(F)C(Cl)(Cl)OP1(OC(Cl)(Cl)C(F)(F)F)=NP(OC(Cl)(Cl)C(F)(F)F)(OC(Cl)(Cl)C(F)(F)F)=NP(OC(Cl)(Cl)C(F)(F)F)(OC(Cl)(Cl)C(F)(F)F)=N1. The van der Waals surface area contributed by atoms with E-state index >= 15 is 0 Å². The van der Waals surface area contributed by atoms with Crippen LogP contribution in [0, 0.1) is 0 Å². The molecule has 0 fully saturated rings. The molecule has 0 bridgehead atoms. The van der Waals surface area contributed by atoms with Crippen LogP contribution in [0.3, 0.4) is 0 Å². The van der Waals surface area contributed by atoms with E-state index in [9.17, 15) is 79.0 Å². The third kappa shape index (κ3) is 12.9. The molecular weight excluding hydrogens is 1140 g/mol.